The van der Waals surface area contributed by atoms with Gasteiger partial charge >= 0.3 is 12.1 Å². The fourth-order valence-electron chi connectivity index (χ4n) is 2.52. The van der Waals surface area contributed by atoms with Crippen molar-refractivity contribution in [2.24, 2.45) is 5.92 Å². The van der Waals surface area contributed by atoms with E-state index in [1.54, 1.807) is 18.9 Å². The summed E-state index contributed by atoms with van der Waals surface area (Å²) in [6.07, 6.45) is 0.286. The summed E-state index contributed by atoms with van der Waals surface area (Å²) < 4.78 is 15.6. The van der Waals surface area contributed by atoms with Crippen LogP contribution < -0.4 is 5.32 Å². The number of hydrogen-bond acceptors (Lipinski definition) is 6. The van der Waals surface area contributed by atoms with Gasteiger partial charge in [0.05, 0.1) is 19.1 Å². The molecule has 1 fully saturated rings. The van der Waals surface area contributed by atoms with E-state index in [4.69, 9.17) is 14.2 Å². The number of amides is 1. The molecule has 0 radical (unpaired) electrons. The van der Waals surface area contributed by atoms with Crippen LogP contribution in [0.3, 0.4) is 0 Å². The maximum Gasteiger partial charge on any atom is 0.410 e. The van der Waals surface area contributed by atoms with Gasteiger partial charge in [0.25, 0.3) is 0 Å². The molecule has 0 spiro atoms. The van der Waals surface area contributed by atoms with Crippen LogP contribution in [0, 0.1) is 5.92 Å². The van der Waals surface area contributed by atoms with Crippen LogP contribution in [0.5, 0.6) is 0 Å². The number of piperidine rings is 1. The Morgan fingerprint density at radius 1 is 1.30 bits per heavy atom. The van der Waals surface area contributed by atoms with Gasteiger partial charge in [-0.3, -0.25) is 4.79 Å². The third kappa shape index (κ3) is 6.74. The van der Waals surface area contributed by atoms with E-state index in [0.717, 1.165) is 0 Å². The SMILES string of the molecule is CCOC(=O)[C@H]1CN(C(=O)OC(C)(C)C)CC[C@H]1NCCOC. The monoisotopic (exact) mass is 330 g/mol. The summed E-state index contributed by atoms with van der Waals surface area (Å²) in [5.41, 5.74) is -0.552. The zero-order chi connectivity index (χ0) is 17.5. The summed E-state index contributed by atoms with van der Waals surface area (Å²) in [6, 6.07) is -0.0251. The molecule has 134 valence electrons. The van der Waals surface area contributed by atoms with Crippen LogP contribution in [-0.4, -0.2) is 68.6 Å². The molecule has 1 aliphatic heterocycles. The molecule has 1 saturated heterocycles. The highest BCUT2D eigenvalue weighted by Gasteiger charge is 2.38. The molecule has 2 atom stereocenters. The Hall–Kier alpha value is -1.34. The number of nitrogens with zero attached hydrogens (tertiary/aromatic N) is 1. The Kier molecular flexibility index (Phi) is 7.78. The normalized spacial score (nSPS) is 21.9. The number of carbonyl (C=O) groups excluding carboxylic acids is 2. The lowest BCUT2D eigenvalue weighted by Crippen LogP contribution is -2.55. The number of nitrogens with one attached hydrogen (secondary N) is 1. The smallest absolute Gasteiger partial charge is 0.410 e. The molecule has 1 amide bonds. The van der Waals surface area contributed by atoms with Crippen LogP contribution in [0.2, 0.25) is 0 Å². The average Bonchev–Trinajstić information content (AvgIpc) is 2.46. The minimum Gasteiger partial charge on any atom is -0.466 e. The van der Waals surface area contributed by atoms with Gasteiger partial charge in [0.15, 0.2) is 0 Å². The van der Waals surface area contributed by atoms with Gasteiger partial charge in [0, 0.05) is 32.8 Å². The van der Waals surface area contributed by atoms with Crippen molar-refractivity contribution in [1.29, 1.82) is 0 Å². The topological polar surface area (TPSA) is 77.1 Å². The Balaban J connectivity index is 2.70. The van der Waals surface area contributed by atoms with Crippen LogP contribution in [0.1, 0.15) is 34.1 Å². The van der Waals surface area contributed by atoms with E-state index in [2.05, 4.69) is 5.32 Å². The second-order valence-corrected chi connectivity index (χ2v) is 6.63. The fraction of sp³-hybridized carbons (Fsp3) is 0.875. The second kappa shape index (κ2) is 9.08. The van der Waals surface area contributed by atoms with Crippen LogP contribution >= 0.6 is 0 Å². The number of ether oxygens (including phenoxy) is 3. The minimum atomic E-state index is -0.552. The number of carbonyl (C=O) groups is 2. The summed E-state index contributed by atoms with van der Waals surface area (Å²) in [6.45, 7) is 9.66. The van der Waals surface area contributed by atoms with Crippen LogP contribution in [0.4, 0.5) is 4.79 Å². The molecule has 0 unspecified atom stereocenters. The van der Waals surface area contributed by atoms with Crippen molar-refractivity contribution < 1.29 is 23.8 Å². The molecular weight excluding hydrogens is 300 g/mol. The molecule has 1 N–H and O–H groups in total. The van der Waals surface area contributed by atoms with Crippen LogP contribution in [-0.2, 0) is 19.0 Å². The van der Waals surface area contributed by atoms with Gasteiger partial charge in [-0.2, -0.15) is 0 Å². The summed E-state index contributed by atoms with van der Waals surface area (Å²) in [7, 11) is 1.63. The molecule has 0 saturated carbocycles. The predicted molar refractivity (Wildman–Crippen MR) is 86.2 cm³/mol. The third-order valence-corrected chi connectivity index (χ3v) is 3.57. The Labute approximate surface area is 138 Å². The highest BCUT2D eigenvalue weighted by molar-refractivity contribution is 5.75. The molecule has 7 heteroatoms. The van der Waals surface area contributed by atoms with Crippen LogP contribution in [0.15, 0.2) is 0 Å². The number of methoxy groups -OCH3 is 1. The quantitative estimate of drug-likeness (QED) is 0.586. The maximum atomic E-state index is 12.2. The van der Waals surface area contributed by atoms with Crippen molar-refractivity contribution in [1.82, 2.24) is 10.2 Å². The Morgan fingerprint density at radius 3 is 2.57 bits per heavy atom. The number of hydrogen-bond donors (Lipinski definition) is 1. The first kappa shape index (κ1) is 19.7. The van der Waals surface area contributed by atoms with Gasteiger partial charge in [-0.05, 0) is 34.1 Å². The fourth-order valence-corrected chi connectivity index (χ4v) is 2.52. The average molecular weight is 330 g/mol. The first-order valence-electron chi connectivity index (χ1n) is 8.15. The molecule has 0 aromatic carbocycles. The molecule has 1 heterocycles. The van der Waals surface area contributed by atoms with E-state index >= 15 is 0 Å². The molecule has 1 rings (SSSR count). The van der Waals surface area contributed by atoms with E-state index in [9.17, 15) is 9.59 Å². The van der Waals surface area contributed by atoms with Crippen molar-refractivity contribution >= 4 is 12.1 Å². The Bertz CT molecular complexity index is 394. The van der Waals surface area contributed by atoms with Crippen molar-refractivity contribution in [2.75, 3.05) is 40.0 Å². The minimum absolute atomic E-state index is 0.0251. The van der Waals surface area contributed by atoms with Gasteiger partial charge in [-0.1, -0.05) is 0 Å². The summed E-state index contributed by atoms with van der Waals surface area (Å²) in [5.74, 6) is -0.677. The molecular formula is C16H30N2O5. The molecule has 23 heavy (non-hydrogen) atoms. The lowest BCUT2D eigenvalue weighted by Gasteiger charge is -2.38. The van der Waals surface area contributed by atoms with E-state index in [1.165, 1.54) is 0 Å². The van der Waals surface area contributed by atoms with Gasteiger partial charge < -0.3 is 24.4 Å². The molecule has 0 aliphatic carbocycles. The number of likely N-dealkylation sites (tertiary alicyclic amines) is 1. The molecule has 0 aromatic heterocycles. The predicted octanol–water partition coefficient (Wildman–Crippen LogP) is 1.41. The second-order valence-electron chi connectivity index (χ2n) is 6.63. The van der Waals surface area contributed by atoms with Crippen molar-refractivity contribution in [3.8, 4) is 0 Å². The molecule has 0 aromatic rings. The third-order valence-electron chi connectivity index (χ3n) is 3.57. The van der Waals surface area contributed by atoms with Crippen molar-refractivity contribution in [3.05, 3.63) is 0 Å². The zero-order valence-electron chi connectivity index (χ0n) is 14.9. The molecule has 7 nitrogen and oxygen atoms in total. The number of esters is 1. The first-order chi connectivity index (χ1) is 10.8. The summed E-state index contributed by atoms with van der Waals surface area (Å²) >= 11 is 0. The van der Waals surface area contributed by atoms with Crippen molar-refractivity contribution in [2.45, 2.75) is 45.8 Å². The first-order valence-corrected chi connectivity index (χ1v) is 8.15. The van der Waals surface area contributed by atoms with E-state index in [1.807, 2.05) is 20.8 Å². The summed E-state index contributed by atoms with van der Waals surface area (Å²) in [5, 5.41) is 3.32. The maximum absolute atomic E-state index is 12.2. The summed E-state index contributed by atoms with van der Waals surface area (Å²) in [4.78, 5) is 26.0. The van der Waals surface area contributed by atoms with Crippen LogP contribution in [0.25, 0.3) is 0 Å². The van der Waals surface area contributed by atoms with Gasteiger partial charge in [-0.25, -0.2) is 4.79 Å². The van der Waals surface area contributed by atoms with E-state index in [0.29, 0.717) is 39.3 Å². The number of rotatable bonds is 6. The lowest BCUT2D eigenvalue weighted by molar-refractivity contribution is -0.150. The largest absolute Gasteiger partial charge is 0.466 e. The van der Waals surface area contributed by atoms with Gasteiger partial charge in [0.1, 0.15) is 5.60 Å². The zero-order valence-corrected chi connectivity index (χ0v) is 14.9. The van der Waals surface area contributed by atoms with Gasteiger partial charge in [-0.15, -0.1) is 0 Å². The standard InChI is InChI=1S/C16H30N2O5/c1-6-22-14(19)12-11-18(15(20)23-16(2,3)4)9-7-13(12)17-8-10-21-5/h12-13,17H,6-11H2,1-5H3/t12-,13+/m0/s1. The molecule has 0 bridgehead atoms. The highest BCUT2D eigenvalue weighted by Crippen LogP contribution is 2.21. The van der Waals surface area contributed by atoms with Crippen molar-refractivity contribution in [3.63, 3.8) is 0 Å². The lowest BCUT2D eigenvalue weighted by atomic mass is 9.92. The van der Waals surface area contributed by atoms with E-state index in [-0.39, 0.29) is 18.1 Å². The van der Waals surface area contributed by atoms with E-state index < -0.39 is 11.5 Å². The molecule has 1 aliphatic rings. The Morgan fingerprint density at radius 2 is 2.00 bits per heavy atom. The van der Waals surface area contributed by atoms with Gasteiger partial charge in [0.2, 0.25) is 0 Å². The highest BCUT2D eigenvalue weighted by atomic mass is 16.6.